The van der Waals surface area contributed by atoms with Gasteiger partial charge in [0.15, 0.2) is 5.82 Å². The zero-order chi connectivity index (χ0) is 19.7. The lowest BCUT2D eigenvalue weighted by Gasteiger charge is -2.08. The first-order valence-corrected chi connectivity index (χ1v) is 9.06. The Labute approximate surface area is 166 Å². The maximum Gasteiger partial charge on any atom is 0.159 e. The molecule has 0 atom stereocenters. The molecule has 8 heteroatoms. The smallest absolute Gasteiger partial charge is 0.159 e. The average Bonchev–Trinajstić information content (AvgIpc) is 3.32. The van der Waals surface area contributed by atoms with E-state index in [0.717, 1.165) is 22.4 Å². The molecular weight excluding hydrogens is 376 g/mol. The normalized spacial score (nSPS) is 11.0. The number of rotatable bonds is 5. The van der Waals surface area contributed by atoms with Gasteiger partial charge in [0, 0.05) is 30.1 Å². The number of pyridine rings is 1. The molecule has 1 N–H and O–H groups in total. The predicted molar refractivity (Wildman–Crippen MR) is 106 cm³/mol. The van der Waals surface area contributed by atoms with Crippen molar-refractivity contribution in [3.63, 3.8) is 0 Å². The molecule has 140 valence electrons. The highest BCUT2D eigenvalue weighted by Crippen LogP contribution is 2.34. The van der Waals surface area contributed by atoms with Crippen LogP contribution in [-0.4, -0.2) is 35.7 Å². The number of nitrogens with one attached hydrogen (secondary N) is 1. The van der Waals surface area contributed by atoms with Crippen LogP contribution in [0.25, 0.3) is 28.3 Å². The Balaban J connectivity index is 1.90. The number of carbonyl (C=O) groups is 1. The number of aromatic amines is 1. The predicted octanol–water partition coefficient (Wildman–Crippen LogP) is 3.81. The number of carbonyl (C=O) groups excluding carboxylic acids is 1. The fourth-order valence-electron chi connectivity index (χ4n) is 3.01. The Morgan fingerprint density at radius 3 is 2.75 bits per heavy atom. The summed E-state index contributed by atoms with van der Waals surface area (Å²) in [6, 6.07) is 9.40. The SMILES string of the molecule is CC(=O)Cc1cc(-n2cc(-c3ncn[nH]3)c(-c3ccccc3Cl)n2)c(C)cn1. The van der Waals surface area contributed by atoms with E-state index in [-0.39, 0.29) is 12.2 Å². The van der Waals surface area contributed by atoms with Crippen molar-refractivity contribution in [1.82, 2.24) is 29.9 Å². The highest BCUT2D eigenvalue weighted by molar-refractivity contribution is 6.33. The van der Waals surface area contributed by atoms with E-state index in [1.165, 1.54) is 6.33 Å². The third-order valence-corrected chi connectivity index (χ3v) is 4.65. The van der Waals surface area contributed by atoms with Gasteiger partial charge in [0.2, 0.25) is 0 Å². The Bertz CT molecular complexity index is 1150. The molecule has 0 aliphatic heterocycles. The summed E-state index contributed by atoms with van der Waals surface area (Å²) < 4.78 is 1.76. The van der Waals surface area contributed by atoms with Crippen LogP contribution in [-0.2, 0) is 11.2 Å². The quantitative estimate of drug-likeness (QED) is 0.557. The molecule has 0 fully saturated rings. The molecule has 1 aromatic carbocycles. The Morgan fingerprint density at radius 1 is 1.21 bits per heavy atom. The molecule has 7 nitrogen and oxygen atoms in total. The van der Waals surface area contributed by atoms with Gasteiger partial charge in [0.05, 0.1) is 16.3 Å². The van der Waals surface area contributed by atoms with E-state index in [1.54, 1.807) is 17.8 Å². The third-order valence-electron chi connectivity index (χ3n) is 4.32. The van der Waals surface area contributed by atoms with E-state index in [1.807, 2.05) is 43.5 Å². The largest absolute Gasteiger partial charge is 0.300 e. The third kappa shape index (κ3) is 3.44. The van der Waals surface area contributed by atoms with Gasteiger partial charge < -0.3 is 0 Å². The van der Waals surface area contributed by atoms with Crippen LogP contribution < -0.4 is 0 Å². The summed E-state index contributed by atoms with van der Waals surface area (Å²) in [7, 11) is 0. The summed E-state index contributed by atoms with van der Waals surface area (Å²) >= 11 is 6.42. The van der Waals surface area contributed by atoms with Gasteiger partial charge in [-0.15, -0.1) is 0 Å². The average molecular weight is 393 g/mol. The zero-order valence-corrected chi connectivity index (χ0v) is 16.1. The topological polar surface area (TPSA) is 89.4 Å². The molecule has 0 spiro atoms. The van der Waals surface area contributed by atoms with Gasteiger partial charge >= 0.3 is 0 Å². The summed E-state index contributed by atoms with van der Waals surface area (Å²) in [5.41, 5.74) is 4.73. The van der Waals surface area contributed by atoms with Crippen LogP contribution in [0.1, 0.15) is 18.2 Å². The van der Waals surface area contributed by atoms with E-state index in [9.17, 15) is 4.79 Å². The number of nitrogens with zero attached hydrogens (tertiary/aromatic N) is 5. The second kappa shape index (κ2) is 7.36. The van der Waals surface area contributed by atoms with Crippen LogP contribution in [0.15, 0.2) is 49.1 Å². The number of H-pyrrole nitrogens is 1. The fraction of sp³-hybridized carbons (Fsp3) is 0.150. The van der Waals surface area contributed by atoms with Gasteiger partial charge in [0.1, 0.15) is 17.8 Å². The first-order valence-electron chi connectivity index (χ1n) is 8.68. The van der Waals surface area contributed by atoms with Crippen LogP contribution >= 0.6 is 11.6 Å². The number of aromatic nitrogens is 6. The van der Waals surface area contributed by atoms with E-state index < -0.39 is 0 Å². The summed E-state index contributed by atoms with van der Waals surface area (Å²) in [6.07, 6.45) is 5.35. The second-order valence-corrected chi connectivity index (χ2v) is 6.90. The molecule has 0 saturated heterocycles. The van der Waals surface area contributed by atoms with Gasteiger partial charge in [-0.25, -0.2) is 9.67 Å². The van der Waals surface area contributed by atoms with E-state index in [4.69, 9.17) is 16.7 Å². The van der Waals surface area contributed by atoms with E-state index >= 15 is 0 Å². The maximum atomic E-state index is 11.5. The lowest BCUT2D eigenvalue weighted by molar-refractivity contribution is -0.116. The Hall–Kier alpha value is -3.32. The first-order chi connectivity index (χ1) is 13.5. The minimum atomic E-state index is 0.0573. The van der Waals surface area contributed by atoms with Gasteiger partial charge in [-0.05, 0) is 31.5 Å². The number of Topliss-reactive ketones (excluding diaryl/α,β-unsaturated/α-hetero) is 1. The lowest BCUT2D eigenvalue weighted by atomic mass is 10.1. The lowest BCUT2D eigenvalue weighted by Crippen LogP contribution is -2.04. The highest BCUT2D eigenvalue weighted by atomic mass is 35.5. The number of hydrogen-bond acceptors (Lipinski definition) is 5. The van der Waals surface area contributed by atoms with Crippen LogP contribution in [0.5, 0.6) is 0 Å². The van der Waals surface area contributed by atoms with Crippen molar-refractivity contribution >= 4 is 17.4 Å². The van der Waals surface area contributed by atoms with Crippen molar-refractivity contribution in [2.24, 2.45) is 0 Å². The summed E-state index contributed by atoms with van der Waals surface area (Å²) in [5, 5.41) is 12.2. The number of aryl methyl sites for hydroxylation is 1. The summed E-state index contributed by atoms with van der Waals surface area (Å²) in [6.45, 7) is 3.50. The van der Waals surface area contributed by atoms with E-state index in [0.29, 0.717) is 22.2 Å². The molecule has 0 aliphatic rings. The second-order valence-electron chi connectivity index (χ2n) is 6.49. The molecule has 0 radical (unpaired) electrons. The number of hydrogen-bond donors (Lipinski definition) is 1. The zero-order valence-electron chi connectivity index (χ0n) is 15.3. The van der Waals surface area contributed by atoms with Gasteiger partial charge in [-0.3, -0.25) is 14.9 Å². The molecular formula is C20H17ClN6O. The molecule has 0 aliphatic carbocycles. The van der Waals surface area contributed by atoms with Gasteiger partial charge in [-0.2, -0.15) is 10.2 Å². The Morgan fingerprint density at radius 2 is 2.04 bits per heavy atom. The fourth-order valence-corrected chi connectivity index (χ4v) is 3.24. The number of halogens is 1. The molecule has 3 aromatic heterocycles. The van der Waals surface area contributed by atoms with Gasteiger partial charge in [-0.1, -0.05) is 29.8 Å². The van der Waals surface area contributed by atoms with Crippen molar-refractivity contribution in [2.45, 2.75) is 20.3 Å². The van der Waals surface area contributed by atoms with Crippen molar-refractivity contribution in [3.05, 3.63) is 65.3 Å². The molecule has 28 heavy (non-hydrogen) atoms. The van der Waals surface area contributed by atoms with E-state index in [2.05, 4.69) is 20.2 Å². The van der Waals surface area contributed by atoms with Crippen LogP contribution in [0.4, 0.5) is 0 Å². The van der Waals surface area contributed by atoms with Crippen molar-refractivity contribution in [2.75, 3.05) is 0 Å². The molecule has 0 amide bonds. The van der Waals surface area contributed by atoms with Crippen LogP contribution in [0.2, 0.25) is 5.02 Å². The molecule has 4 aromatic rings. The summed E-state index contributed by atoms with van der Waals surface area (Å²) in [5.74, 6) is 0.652. The molecule has 0 saturated carbocycles. The van der Waals surface area contributed by atoms with Crippen molar-refractivity contribution in [3.8, 4) is 28.3 Å². The summed E-state index contributed by atoms with van der Waals surface area (Å²) in [4.78, 5) is 20.1. The number of benzene rings is 1. The minimum Gasteiger partial charge on any atom is -0.300 e. The number of ketones is 1. The van der Waals surface area contributed by atoms with Crippen molar-refractivity contribution < 1.29 is 4.79 Å². The van der Waals surface area contributed by atoms with Gasteiger partial charge in [0.25, 0.3) is 0 Å². The Kier molecular flexibility index (Phi) is 4.75. The van der Waals surface area contributed by atoms with Crippen LogP contribution in [0.3, 0.4) is 0 Å². The standard InChI is InChI=1S/C20H17ClN6O/c1-12-9-22-14(7-13(2)28)8-18(12)27-10-16(20-23-11-24-25-20)19(26-27)15-5-3-4-6-17(15)21/h3-6,8-11H,7H2,1-2H3,(H,23,24,25). The first kappa shape index (κ1) is 18.1. The van der Waals surface area contributed by atoms with Crippen LogP contribution in [0, 0.1) is 6.92 Å². The molecule has 3 heterocycles. The van der Waals surface area contributed by atoms with Crippen molar-refractivity contribution in [1.29, 1.82) is 0 Å². The molecule has 0 unspecified atom stereocenters. The maximum absolute atomic E-state index is 11.5. The molecule has 0 bridgehead atoms. The highest BCUT2D eigenvalue weighted by Gasteiger charge is 2.19. The minimum absolute atomic E-state index is 0.0573. The molecule has 4 rings (SSSR count). The monoisotopic (exact) mass is 392 g/mol.